The Morgan fingerprint density at radius 3 is 2.17 bits per heavy atom. The molecule has 1 N–H and O–H groups in total. The van der Waals surface area contributed by atoms with Crippen LogP contribution in [0.1, 0.15) is 45.5 Å². The molecule has 2 heterocycles. The van der Waals surface area contributed by atoms with Crippen LogP contribution in [0.4, 0.5) is 8.78 Å². The highest BCUT2D eigenvalue weighted by Crippen LogP contribution is 2.16. The van der Waals surface area contributed by atoms with Crippen molar-refractivity contribution in [2.24, 2.45) is 0 Å². The number of carbonyl (C=O) groups is 1. The van der Waals surface area contributed by atoms with Crippen LogP contribution in [-0.2, 0) is 13.0 Å². The maximum absolute atomic E-state index is 13.6. The highest BCUT2D eigenvalue weighted by Gasteiger charge is 2.23. The number of rotatable bonds is 5. The molecule has 150 valence electrons. The van der Waals surface area contributed by atoms with E-state index < -0.39 is 28.7 Å². The van der Waals surface area contributed by atoms with Crippen LogP contribution in [-0.4, -0.2) is 20.3 Å². The lowest BCUT2D eigenvalue weighted by Crippen LogP contribution is -2.37. The maximum atomic E-state index is 13.6. The average molecular weight is 399 g/mol. The Morgan fingerprint density at radius 1 is 1.03 bits per heavy atom. The first-order valence-corrected chi connectivity index (χ1v) is 9.00. The maximum Gasteiger partial charge on any atom is 0.329 e. The predicted octanol–water partition coefficient (Wildman–Crippen LogP) is 2.67. The third-order valence-electron chi connectivity index (χ3n) is 4.47. The van der Waals surface area contributed by atoms with Crippen LogP contribution in [0.5, 0.6) is 0 Å². The lowest BCUT2D eigenvalue weighted by atomic mass is 10.0. The van der Waals surface area contributed by atoms with E-state index in [1.165, 1.54) is 0 Å². The van der Waals surface area contributed by atoms with Crippen LogP contribution in [0.3, 0.4) is 0 Å². The van der Waals surface area contributed by atoms with E-state index in [4.69, 9.17) is 0 Å². The Kier molecular flexibility index (Phi) is 5.54. The number of aromatic nitrogens is 3. The van der Waals surface area contributed by atoms with E-state index in [2.05, 4.69) is 9.97 Å². The minimum Gasteiger partial charge on any atom is -0.287 e. The van der Waals surface area contributed by atoms with E-state index in [-0.39, 0.29) is 29.8 Å². The van der Waals surface area contributed by atoms with Gasteiger partial charge in [-0.3, -0.25) is 24.1 Å². The molecule has 0 saturated carbocycles. The van der Waals surface area contributed by atoms with Crippen LogP contribution in [0.2, 0.25) is 0 Å². The summed E-state index contributed by atoms with van der Waals surface area (Å²) in [5.74, 6) is -2.65. The molecule has 0 radical (unpaired) electrons. The Balaban J connectivity index is 2.25. The monoisotopic (exact) mass is 399 g/mol. The van der Waals surface area contributed by atoms with Crippen LogP contribution in [0.15, 0.2) is 39.9 Å². The first-order chi connectivity index (χ1) is 13.7. The molecule has 0 unspecified atom stereocenters. The zero-order chi connectivity index (χ0) is 21.3. The number of aromatic amines is 1. The summed E-state index contributed by atoms with van der Waals surface area (Å²) in [6, 6.07) is 5.91. The molecule has 3 aromatic rings. The number of ketones is 1. The van der Waals surface area contributed by atoms with Crippen LogP contribution >= 0.6 is 0 Å². The van der Waals surface area contributed by atoms with Crippen LogP contribution in [0, 0.1) is 25.5 Å². The van der Waals surface area contributed by atoms with Gasteiger partial charge in [-0.1, -0.05) is 6.92 Å². The number of halogens is 2. The molecule has 0 amide bonds. The fourth-order valence-corrected chi connectivity index (χ4v) is 3.37. The van der Waals surface area contributed by atoms with Gasteiger partial charge < -0.3 is 0 Å². The molecule has 0 spiro atoms. The molecule has 0 fully saturated rings. The number of nitrogens with zero attached hydrogens (tertiary/aromatic N) is 2. The molecule has 2 aromatic heterocycles. The zero-order valence-electron chi connectivity index (χ0n) is 16.2. The number of carbonyl (C=O) groups excluding carboxylic acids is 1. The van der Waals surface area contributed by atoms with Crippen molar-refractivity contribution < 1.29 is 13.6 Å². The van der Waals surface area contributed by atoms with Crippen molar-refractivity contribution in [2.75, 3.05) is 0 Å². The number of nitrogens with one attached hydrogen (secondary N) is 1. The number of H-pyrrole nitrogens is 1. The molecule has 1 aromatic carbocycles. The van der Waals surface area contributed by atoms with Crippen molar-refractivity contribution in [3.05, 3.63) is 96.6 Å². The number of hydrogen-bond donors (Lipinski definition) is 1. The van der Waals surface area contributed by atoms with Gasteiger partial charge in [-0.2, -0.15) is 0 Å². The Bertz CT molecular complexity index is 1190. The first-order valence-electron chi connectivity index (χ1n) is 9.00. The fourth-order valence-electron chi connectivity index (χ4n) is 3.37. The number of pyridine rings is 1. The molecule has 0 saturated heterocycles. The molecular weight excluding hydrogens is 380 g/mol. The van der Waals surface area contributed by atoms with E-state index in [0.717, 1.165) is 28.1 Å². The topological polar surface area (TPSA) is 84.8 Å². The SMILES string of the molecule is CCc1c(C(=O)c2cc(F)cc(F)c2)n(Cc2cc(C)nc(C)c2)c(=O)[nH]c1=O. The summed E-state index contributed by atoms with van der Waals surface area (Å²) >= 11 is 0. The van der Waals surface area contributed by atoms with E-state index in [0.29, 0.717) is 11.6 Å². The second-order valence-corrected chi connectivity index (χ2v) is 6.77. The van der Waals surface area contributed by atoms with Crippen molar-refractivity contribution >= 4 is 5.78 Å². The summed E-state index contributed by atoms with van der Waals surface area (Å²) in [7, 11) is 0. The summed E-state index contributed by atoms with van der Waals surface area (Å²) in [5.41, 5.74) is 0.293. The van der Waals surface area contributed by atoms with Gasteiger partial charge >= 0.3 is 5.69 Å². The Morgan fingerprint density at radius 2 is 1.62 bits per heavy atom. The molecule has 0 bridgehead atoms. The van der Waals surface area contributed by atoms with Gasteiger partial charge in [0.2, 0.25) is 5.78 Å². The van der Waals surface area contributed by atoms with Crippen LogP contribution < -0.4 is 11.2 Å². The summed E-state index contributed by atoms with van der Waals surface area (Å²) in [6.45, 7) is 5.24. The third kappa shape index (κ3) is 4.21. The lowest BCUT2D eigenvalue weighted by Gasteiger charge is -2.15. The van der Waals surface area contributed by atoms with Gasteiger partial charge in [0.15, 0.2) is 0 Å². The van der Waals surface area contributed by atoms with Crippen molar-refractivity contribution in [1.29, 1.82) is 0 Å². The minimum atomic E-state index is -0.925. The van der Waals surface area contributed by atoms with Gasteiger partial charge in [0.25, 0.3) is 5.56 Å². The molecule has 0 aliphatic heterocycles. The number of aryl methyl sites for hydroxylation is 2. The van der Waals surface area contributed by atoms with Crippen molar-refractivity contribution in [2.45, 2.75) is 33.7 Å². The predicted molar refractivity (Wildman–Crippen MR) is 103 cm³/mol. The van der Waals surface area contributed by atoms with E-state index >= 15 is 0 Å². The van der Waals surface area contributed by atoms with E-state index in [9.17, 15) is 23.2 Å². The average Bonchev–Trinajstić information content (AvgIpc) is 2.61. The largest absolute Gasteiger partial charge is 0.329 e. The van der Waals surface area contributed by atoms with Gasteiger partial charge in [-0.15, -0.1) is 0 Å². The summed E-state index contributed by atoms with van der Waals surface area (Å²) in [5, 5.41) is 0. The van der Waals surface area contributed by atoms with Gasteiger partial charge in [0, 0.05) is 28.6 Å². The molecular formula is C21H19F2N3O3. The first kappa shape index (κ1) is 20.3. The molecule has 3 rings (SSSR count). The molecule has 0 atom stereocenters. The molecule has 0 aliphatic rings. The summed E-state index contributed by atoms with van der Waals surface area (Å²) in [4.78, 5) is 44.5. The zero-order valence-corrected chi connectivity index (χ0v) is 16.2. The van der Waals surface area contributed by atoms with E-state index in [1.54, 1.807) is 32.9 Å². The molecule has 8 heteroatoms. The van der Waals surface area contributed by atoms with Gasteiger partial charge in [-0.25, -0.2) is 13.6 Å². The van der Waals surface area contributed by atoms with Crippen molar-refractivity contribution in [3.8, 4) is 0 Å². The van der Waals surface area contributed by atoms with Crippen molar-refractivity contribution in [3.63, 3.8) is 0 Å². The highest BCUT2D eigenvalue weighted by atomic mass is 19.1. The minimum absolute atomic E-state index is 0.00825. The standard InChI is InChI=1S/C21H19F2N3O3/c1-4-17-18(19(27)14-7-15(22)9-16(23)8-14)26(21(29)25-20(17)28)10-13-5-11(2)24-12(3)6-13/h5-9H,4,10H2,1-3H3,(H,25,28,29). The van der Waals surface area contributed by atoms with Crippen LogP contribution in [0.25, 0.3) is 0 Å². The van der Waals surface area contributed by atoms with Gasteiger partial charge in [0.05, 0.1) is 6.54 Å². The number of hydrogen-bond acceptors (Lipinski definition) is 4. The molecule has 29 heavy (non-hydrogen) atoms. The number of benzene rings is 1. The smallest absolute Gasteiger partial charge is 0.287 e. The fraction of sp³-hybridized carbons (Fsp3) is 0.238. The van der Waals surface area contributed by atoms with Crippen molar-refractivity contribution in [1.82, 2.24) is 14.5 Å². The normalized spacial score (nSPS) is 10.9. The second kappa shape index (κ2) is 7.90. The van der Waals surface area contributed by atoms with Gasteiger partial charge in [-0.05, 0) is 50.1 Å². The Labute approximate surface area is 164 Å². The highest BCUT2D eigenvalue weighted by molar-refractivity contribution is 6.08. The van der Waals surface area contributed by atoms with Gasteiger partial charge in [0.1, 0.15) is 17.3 Å². The second-order valence-electron chi connectivity index (χ2n) is 6.77. The summed E-state index contributed by atoms with van der Waals surface area (Å²) in [6.07, 6.45) is 0.156. The third-order valence-corrected chi connectivity index (χ3v) is 4.47. The quantitative estimate of drug-likeness (QED) is 0.669. The van der Waals surface area contributed by atoms with E-state index in [1.807, 2.05) is 0 Å². The Hall–Kier alpha value is -3.42. The molecule has 0 aliphatic carbocycles. The lowest BCUT2D eigenvalue weighted by molar-refractivity contribution is 0.102. The molecule has 6 nitrogen and oxygen atoms in total. The summed E-state index contributed by atoms with van der Waals surface area (Å²) < 4.78 is 28.4.